The van der Waals surface area contributed by atoms with E-state index in [-0.39, 0.29) is 6.04 Å². The van der Waals surface area contributed by atoms with E-state index < -0.39 is 0 Å². The molecule has 1 fully saturated rings. The number of methoxy groups -OCH3 is 1. The highest BCUT2D eigenvalue weighted by molar-refractivity contribution is 5.36. The zero-order valence-electron chi connectivity index (χ0n) is 12.3. The van der Waals surface area contributed by atoms with Gasteiger partial charge in [-0.15, -0.1) is 0 Å². The summed E-state index contributed by atoms with van der Waals surface area (Å²) in [6.45, 7) is 2.12. The molecule has 106 valence electrons. The van der Waals surface area contributed by atoms with Crippen LogP contribution >= 0.6 is 0 Å². The third-order valence-corrected chi connectivity index (χ3v) is 4.49. The number of ether oxygens (including phenoxy) is 1. The maximum Gasteiger partial charge on any atom is 0.119 e. The van der Waals surface area contributed by atoms with Crippen molar-refractivity contribution >= 4 is 0 Å². The molecule has 19 heavy (non-hydrogen) atoms. The lowest BCUT2D eigenvalue weighted by Gasteiger charge is -2.23. The van der Waals surface area contributed by atoms with Gasteiger partial charge in [-0.1, -0.05) is 38.2 Å². The van der Waals surface area contributed by atoms with Crippen LogP contribution in [0.5, 0.6) is 5.75 Å². The molecule has 2 nitrogen and oxygen atoms in total. The minimum absolute atomic E-state index is 0.174. The van der Waals surface area contributed by atoms with Crippen LogP contribution in [0.25, 0.3) is 0 Å². The third kappa shape index (κ3) is 3.97. The van der Waals surface area contributed by atoms with Gasteiger partial charge in [0.25, 0.3) is 0 Å². The summed E-state index contributed by atoms with van der Waals surface area (Å²) in [5, 5.41) is 0. The normalized spacial score (nSPS) is 18.3. The maximum absolute atomic E-state index is 6.36. The monoisotopic (exact) mass is 261 g/mol. The molecule has 1 unspecified atom stereocenters. The summed E-state index contributed by atoms with van der Waals surface area (Å²) in [6.07, 6.45) is 9.48. The summed E-state index contributed by atoms with van der Waals surface area (Å²) in [5.41, 5.74) is 8.88. The van der Waals surface area contributed by atoms with Crippen molar-refractivity contribution < 1.29 is 4.74 Å². The number of hydrogen-bond donors (Lipinski definition) is 1. The molecule has 2 N–H and O–H groups in total. The summed E-state index contributed by atoms with van der Waals surface area (Å²) >= 11 is 0. The number of benzene rings is 1. The Morgan fingerprint density at radius 3 is 2.63 bits per heavy atom. The minimum Gasteiger partial charge on any atom is -0.497 e. The molecule has 1 aromatic carbocycles. The lowest BCUT2D eigenvalue weighted by atomic mass is 9.84. The summed E-state index contributed by atoms with van der Waals surface area (Å²) in [4.78, 5) is 0. The van der Waals surface area contributed by atoms with Crippen molar-refractivity contribution in [3.63, 3.8) is 0 Å². The second-order valence-electron chi connectivity index (χ2n) is 5.91. The highest BCUT2D eigenvalue weighted by Gasteiger charge is 2.16. The van der Waals surface area contributed by atoms with Gasteiger partial charge in [-0.2, -0.15) is 0 Å². The largest absolute Gasteiger partial charge is 0.497 e. The Morgan fingerprint density at radius 2 is 2.00 bits per heavy atom. The highest BCUT2D eigenvalue weighted by Crippen LogP contribution is 2.31. The van der Waals surface area contributed by atoms with Gasteiger partial charge in [0.1, 0.15) is 5.75 Å². The molecule has 0 spiro atoms. The smallest absolute Gasteiger partial charge is 0.119 e. The van der Waals surface area contributed by atoms with Crippen LogP contribution in [-0.4, -0.2) is 7.11 Å². The molecule has 0 bridgehead atoms. The van der Waals surface area contributed by atoms with Crippen LogP contribution in [-0.2, 0) is 0 Å². The molecule has 0 heterocycles. The summed E-state index contributed by atoms with van der Waals surface area (Å²) in [5.74, 6) is 1.83. The molecule has 2 rings (SSSR count). The Kier molecular flexibility index (Phi) is 5.26. The zero-order valence-corrected chi connectivity index (χ0v) is 12.3. The van der Waals surface area contributed by atoms with E-state index in [4.69, 9.17) is 10.5 Å². The van der Waals surface area contributed by atoms with Gasteiger partial charge in [-0.05, 0) is 48.9 Å². The van der Waals surface area contributed by atoms with Crippen LogP contribution in [0.1, 0.15) is 62.1 Å². The van der Waals surface area contributed by atoms with Crippen LogP contribution in [0.15, 0.2) is 18.2 Å². The lowest BCUT2D eigenvalue weighted by molar-refractivity contribution is 0.324. The van der Waals surface area contributed by atoms with E-state index in [9.17, 15) is 0 Å². The first kappa shape index (κ1) is 14.4. The Morgan fingerprint density at radius 1 is 1.26 bits per heavy atom. The molecule has 0 aliphatic heterocycles. The van der Waals surface area contributed by atoms with E-state index in [1.54, 1.807) is 7.11 Å². The SMILES string of the molecule is COc1ccc(C(N)CCC2CCCCC2)c(C)c1. The van der Waals surface area contributed by atoms with Gasteiger partial charge in [-0.25, -0.2) is 0 Å². The van der Waals surface area contributed by atoms with Crippen molar-refractivity contribution in [2.45, 2.75) is 57.9 Å². The predicted octanol–water partition coefficient (Wildman–Crippen LogP) is 4.36. The van der Waals surface area contributed by atoms with E-state index in [1.165, 1.54) is 49.7 Å². The third-order valence-electron chi connectivity index (χ3n) is 4.49. The Balaban J connectivity index is 1.89. The molecular weight excluding hydrogens is 234 g/mol. The highest BCUT2D eigenvalue weighted by atomic mass is 16.5. The van der Waals surface area contributed by atoms with E-state index in [0.717, 1.165) is 18.1 Å². The fourth-order valence-corrected chi connectivity index (χ4v) is 3.24. The van der Waals surface area contributed by atoms with Crippen molar-refractivity contribution in [2.75, 3.05) is 7.11 Å². The molecule has 0 amide bonds. The van der Waals surface area contributed by atoms with Crippen LogP contribution in [0.3, 0.4) is 0 Å². The summed E-state index contributed by atoms with van der Waals surface area (Å²) in [7, 11) is 1.71. The summed E-state index contributed by atoms with van der Waals surface area (Å²) in [6, 6.07) is 6.39. The molecule has 1 aliphatic carbocycles. The first-order chi connectivity index (χ1) is 9.20. The second kappa shape index (κ2) is 6.95. The number of hydrogen-bond acceptors (Lipinski definition) is 2. The van der Waals surface area contributed by atoms with Crippen molar-refractivity contribution in [2.24, 2.45) is 11.7 Å². The Bertz CT molecular complexity index is 396. The van der Waals surface area contributed by atoms with Crippen molar-refractivity contribution in [1.82, 2.24) is 0 Å². The fourth-order valence-electron chi connectivity index (χ4n) is 3.24. The van der Waals surface area contributed by atoms with Gasteiger partial charge >= 0.3 is 0 Å². The van der Waals surface area contributed by atoms with E-state index in [0.29, 0.717) is 0 Å². The molecule has 0 saturated heterocycles. The van der Waals surface area contributed by atoms with Crippen molar-refractivity contribution in [3.05, 3.63) is 29.3 Å². The van der Waals surface area contributed by atoms with Gasteiger partial charge in [-0.3, -0.25) is 0 Å². The summed E-state index contributed by atoms with van der Waals surface area (Å²) < 4.78 is 5.24. The van der Waals surface area contributed by atoms with E-state index in [2.05, 4.69) is 19.1 Å². The molecule has 1 aromatic rings. The van der Waals surface area contributed by atoms with Crippen LogP contribution in [0, 0.1) is 12.8 Å². The molecule has 1 saturated carbocycles. The van der Waals surface area contributed by atoms with Gasteiger partial charge in [0, 0.05) is 6.04 Å². The average molecular weight is 261 g/mol. The number of aryl methyl sites for hydroxylation is 1. The standard InChI is InChI=1S/C17H27NO/c1-13-12-15(19-2)9-10-16(13)17(18)11-8-14-6-4-3-5-7-14/h9-10,12,14,17H,3-8,11,18H2,1-2H3. The van der Waals surface area contributed by atoms with Crippen molar-refractivity contribution in [1.29, 1.82) is 0 Å². The molecule has 0 aromatic heterocycles. The zero-order chi connectivity index (χ0) is 13.7. The molecule has 1 atom stereocenters. The van der Waals surface area contributed by atoms with Gasteiger partial charge in [0.2, 0.25) is 0 Å². The van der Waals surface area contributed by atoms with Crippen LogP contribution < -0.4 is 10.5 Å². The molecular formula is C17H27NO. The van der Waals surface area contributed by atoms with E-state index in [1.807, 2.05) is 6.07 Å². The quantitative estimate of drug-likeness (QED) is 0.854. The Labute approximate surface area is 117 Å². The first-order valence-corrected chi connectivity index (χ1v) is 7.61. The molecule has 1 aliphatic rings. The molecule has 2 heteroatoms. The number of nitrogens with two attached hydrogens (primary N) is 1. The second-order valence-corrected chi connectivity index (χ2v) is 5.91. The first-order valence-electron chi connectivity index (χ1n) is 7.61. The molecule has 0 radical (unpaired) electrons. The lowest BCUT2D eigenvalue weighted by Crippen LogP contribution is -2.15. The predicted molar refractivity (Wildman–Crippen MR) is 80.5 cm³/mol. The topological polar surface area (TPSA) is 35.2 Å². The van der Waals surface area contributed by atoms with Gasteiger partial charge in [0.15, 0.2) is 0 Å². The van der Waals surface area contributed by atoms with Crippen molar-refractivity contribution in [3.8, 4) is 5.75 Å². The maximum atomic E-state index is 6.36. The minimum atomic E-state index is 0.174. The van der Waals surface area contributed by atoms with Gasteiger partial charge in [0.05, 0.1) is 7.11 Å². The average Bonchev–Trinajstić information content (AvgIpc) is 2.45. The van der Waals surface area contributed by atoms with Gasteiger partial charge < -0.3 is 10.5 Å². The fraction of sp³-hybridized carbons (Fsp3) is 0.647. The Hall–Kier alpha value is -1.02. The van der Waals surface area contributed by atoms with Crippen LogP contribution in [0.2, 0.25) is 0 Å². The van der Waals surface area contributed by atoms with Crippen LogP contribution in [0.4, 0.5) is 0 Å². The van der Waals surface area contributed by atoms with E-state index >= 15 is 0 Å². The number of rotatable bonds is 5.